The molecule has 144 valence electrons. The number of amides is 1. The van der Waals surface area contributed by atoms with Gasteiger partial charge in [-0.3, -0.25) is 0 Å². The number of aliphatic imine (C=N–C) groups is 1. The van der Waals surface area contributed by atoms with Crippen molar-refractivity contribution in [1.29, 1.82) is 0 Å². The van der Waals surface area contributed by atoms with Gasteiger partial charge >= 0.3 is 6.09 Å². The van der Waals surface area contributed by atoms with Crippen LogP contribution in [0.5, 0.6) is 0 Å². The molecule has 0 bridgehead atoms. The Bertz CT molecular complexity index is 796. The average molecular weight is 407 g/mol. The highest BCUT2D eigenvalue weighted by Crippen LogP contribution is 2.37. The number of nitrogens with two attached hydrogens (primary N) is 1. The number of anilines is 1. The molecule has 27 heavy (non-hydrogen) atoms. The number of hydrogen-bond donors (Lipinski definition) is 3. The van der Waals surface area contributed by atoms with Crippen molar-refractivity contribution in [3.8, 4) is 0 Å². The zero-order valence-electron chi connectivity index (χ0n) is 14.8. The summed E-state index contributed by atoms with van der Waals surface area (Å²) >= 11 is 3.36. The molecule has 0 saturated carbocycles. The van der Waals surface area contributed by atoms with E-state index in [9.17, 15) is 4.79 Å². The maximum Gasteiger partial charge on any atom is 0.407 e. The van der Waals surface area contributed by atoms with Gasteiger partial charge < -0.3 is 25.8 Å². The maximum absolute atomic E-state index is 11.4. The molecule has 4 N–H and O–H groups in total. The molecule has 9 heteroatoms. The second kappa shape index (κ2) is 9.63. The number of aliphatic hydroxyl groups is 1. The summed E-state index contributed by atoms with van der Waals surface area (Å²) in [4.78, 5) is 20.3. The van der Waals surface area contributed by atoms with Crippen LogP contribution in [-0.2, 0) is 4.74 Å². The SMILES string of the molecule is NC(=Nc1ccc2c(c1)SCCN2CCNC(=O)OCCO)c1cccs1. The number of thiophene rings is 1. The number of alkyl carbamates (subject to hydrolysis) is 1. The Labute approximate surface area is 166 Å². The van der Waals surface area contributed by atoms with Crippen LogP contribution in [0.1, 0.15) is 4.88 Å². The first-order valence-electron chi connectivity index (χ1n) is 8.58. The summed E-state index contributed by atoms with van der Waals surface area (Å²) in [5, 5.41) is 13.3. The van der Waals surface area contributed by atoms with Crippen LogP contribution in [0.15, 0.2) is 45.6 Å². The number of nitrogens with zero attached hydrogens (tertiary/aromatic N) is 2. The predicted octanol–water partition coefficient (Wildman–Crippen LogP) is 2.42. The summed E-state index contributed by atoms with van der Waals surface area (Å²) in [6, 6.07) is 9.97. The monoisotopic (exact) mass is 406 g/mol. The number of carbonyl (C=O) groups excluding carboxylic acids is 1. The second-order valence-corrected chi connectivity index (χ2v) is 7.83. The van der Waals surface area contributed by atoms with E-state index in [1.807, 2.05) is 29.6 Å². The van der Waals surface area contributed by atoms with Gasteiger partial charge in [0, 0.05) is 30.3 Å². The van der Waals surface area contributed by atoms with Gasteiger partial charge in [-0.05, 0) is 29.6 Å². The normalized spacial score (nSPS) is 14.0. The Morgan fingerprint density at radius 3 is 3.07 bits per heavy atom. The van der Waals surface area contributed by atoms with Gasteiger partial charge in [-0.25, -0.2) is 9.79 Å². The highest BCUT2D eigenvalue weighted by atomic mass is 32.2. The van der Waals surface area contributed by atoms with Gasteiger partial charge in [0.05, 0.1) is 22.9 Å². The van der Waals surface area contributed by atoms with Crippen molar-refractivity contribution in [2.45, 2.75) is 4.90 Å². The number of benzene rings is 1. The number of rotatable bonds is 7. The number of hydrogen-bond acceptors (Lipinski definition) is 7. The molecular formula is C18H22N4O3S2. The van der Waals surface area contributed by atoms with Crippen LogP contribution in [0.2, 0.25) is 0 Å². The van der Waals surface area contributed by atoms with Gasteiger partial charge in [-0.2, -0.15) is 0 Å². The zero-order valence-corrected chi connectivity index (χ0v) is 16.4. The highest BCUT2D eigenvalue weighted by Gasteiger charge is 2.18. The van der Waals surface area contributed by atoms with Crippen LogP contribution < -0.4 is 16.0 Å². The standard InChI is InChI=1S/C18H22N4O3S2/c19-17(15-2-1-10-26-15)21-13-3-4-14-16(12-13)27-11-7-22(14)6-5-20-18(24)25-9-8-23/h1-4,10,12,23H,5-9,11H2,(H2,19,21)(H,20,24). The number of ether oxygens (including phenoxy) is 1. The predicted molar refractivity (Wildman–Crippen MR) is 111 cm³/mol. The van der Waals surface area contributed by atoms with Crippen molar-refractivity contribution in [3.63, 3.8) is 0 Å². The van der Waals surface area contributed by atoms with Gasteiger partial charge in [0.1, 0.15) is 12.4 Å². The van der Waals surface area contributed by atoms with Crippen molar-refractivity contribution in [3.05, 3.63) is 40.6 Å². The smallest absolute Gasteiger partial charge is 0.407 e. The zero-order chi connectivity index (χ0) is 19.1. The first kappa shape index (κ1) is 19.5. The van der Waals surface area contributed by atoms with Gasteiger partial charge in [0.2, 0.25) is 0 Å². The molecule has 0 unspecified atom stereocenters. The van der Waals surface area contributed by atoms with E-state index >= 15 is 0 Å². The molecular weight excluding hydrogens is 384 g/mol. The summed E-state index contributed by atoms with van der Waals surface area (Å²) in [6.45, 7) is 1.89. The number of carbonyl (C=O) groups is 1. The van der Waals surface area contributed by atoms with E-state index in [0.29, 0.717) is 18.9 Å². The van der Waals surface area contributed by atoms with Gasteiger partial charge in [-0.15, -0.1) is 23.1 Å². The fourth-order valence-corrected chi connectivity index (χ4v) is 4.38. The molecule has 1 amide bonds. The Morgan fingerprint density at radius 1 is 1.41 bits per heavy atom. The van der Waals surface area contributed by atoms with Crippen LogP contribution in [-0.4, -0.2) is 55.6 Å². The van der Waals surface area contributed by atoms with Crippen LogP contribution in [0.25, 0.3) is 0 Å². The Balaban J connectivity index is 1.63. The fraction of sp³-hybridized carbons (Fsp3) is 0.333. The van der Waals surface area contributed by atoms with Gasteiger partial charge in [0.15, 0.2) is 0 Å². The lowest BCUT2D eigenvalue weighted by Gasteiger charge is -2.31. The minimum absolute atomic E-state index is 0.00686. The molecule has 0 radical (unpaired) electrons. The molecule has 0 saturated heterocycles. The van der Waals surface area contributed by atoms with E-state index in [0.717, 1.165) is 33.4 Å². The van der Waals surface area contributed by atoms with Crippen molar-refractivity contribution in [1.82, 2.24) is 5.32 Å². The Morgan fingerprint density at radius 2 is 2.30 bits per heavy atom. The lowest BCUT2D eigenvalue weighted by atomic mass is 10.2. The largest absolute Gasteiger partial charge is 0.447 e. The first-order chi connectivity index (χ1) is 13.2. The number of amidine groups is 1. The van der Waals surface area contributed by atoms with E-state index in [1.54, 1.807) is 23.1 Å². The summed E-state index contributed by atoms with van der Waals surface area (Å²) in [5.41, 5.74) is 8.04. The quantitative estimate of drug-likeness (QED) is 0.482. The minimum atomic E-state index is -0.510. The molecule has 0 spiro atoms. The molecule has 0 aliphatic carbocycles. The summed E-state index contributed by atoms with van der Waals surface area (Å²) < 4.78 is 4.78. The molecule has 1 aromatic heterocycles. The number of thioether (sulfide) groups is 1. The van der Waals surface area contributed by atoms with Crippen LogP contribution >= 0.6 is 23.1 Å². The fourth-order valence-electron chi connectivity index (χ4n) is 2.67. The van der Waals surface area contributed by atoms with E-state index in [4.69, 9.17) is 15.6 Å². The van der Waals surface area contributed by atoms with Gasteiger partial charge in [-0.1, -0.05) is 6.07 Å². The third-order valence-corrected chi connectivity index (χ3v) is 5.82. The first-order valence-corrected chi connectivity index (χ1v) is 10.4. The lowest BCUT2D eigenvalue weighted by Crippen LogP contribution is -2.38. The third kappa shape index (κ3) is 5.38. The number of fused-ring (bicyclic) bond motifs is 1. The molecule has 1 aliphatic rings. The molecule has 3 rings (SSSR count). The van der Waals surface area contributed by atoms with E-state index in [1.165, 1.54) is 0 Å². The molecule has 7 nitrogen and oxygen atoms in total. The number of aliphatic hydroxyl groups excluding tert-OH is 1. The summed E-state index contributed by atoms with van der Waals surface area (Å²) in [6.07, 6.45) is -0.510. The Kier molecular flexibility index (Phi) is 6.97. The lowest BCUT2D eigenvalue weighted by molar-refractivity contribution is 0.119. The van der Waals surface area contributed by atoms with Crippen LogP contribution in [0.3, 0.4) is 0 Å². The summed E-state index contributed by atoms with van der Waals surface area (Å²) in [7, 11) is 0. The van der Waals surface area contributed by atoms with Crippen LogP contribution in [0, 0.1) is 0 Å². The van der Waals surface area contributed by atoms with Crippen LogP contribution in [0.4, 0.5) is 16.2 Å². The van der Waals surface area contributed by atoms with E-state index < -0.39 is 6.09 Å². The molecule has 0 fully saturated rings. The van der Waals surface area contributed by atoms with E-state index in [2.05, 4.69) is 21.3 Å². The molecule has 2 aromatic rings. The maximum atomic E-state index is 11.4. The average Bonchev–Trinajstić information content (AvgIpc) is 3.21. The molecule has 1 aliphatic heterocycles. The summed E-state index contributed by atoms with van der Waals surface area (Å²) in [5.74, 6) is 1.49. The molecule has 1 aromatic carbocycles. The number of nitrogens with one attached hydrogen (secondary N) is 1. The molecule has 2 heterocycles. The Hall–Kier alpha value is -2.23. The van der Waals surface area contributed by atoms with Crippen molar-refractivity contribution in [2.24, 2.45) is 10.7 Å². The van der Waals surface area contributed by atoms with E-state index in [-0.39, 0.29) is 13.2 Å². The minimum Gasteiger partial charge on any atom is -0.447 e. The van der Waals surface area contributed by atoms with Crippen molar-refractivity contribution >= 4 is 46.4 Å². The second-order valence-electron chi connectivity index (χ2n) is 5.75. The van der Waals surface area contributed by atoms with Crippen molar-refractivity contribution in [2.75, 3.05) is 43.5 Å². The van der Waals surface area contributed by atoms with Gasteiger partial charge in [0.25, 0.3) is 0 Å². The topological polar surface area (TPSA) is 100 Å². The third-order valence-electron chi connectivity index (χ3n) is 3.90. The molecule has 0 atom stereocenters. The highest BCUT2D eigenvalue weighted by molar-refractivity contribution is 7.99. The van der Waals surface area contributed by atoms with Crippen molar-refractivity contribution < 1.29 is 14.6 Å².